The van der Waals surface area contributed by atoms with Gasteiger partial charge in [-0.1, -0.05) is 37.6 Å². The monoisotopic (exact) mass is 407 g/mol. The number of ether oxygens (including phenoxy) is 1. The number of nitrogens with zero attached hydrogens (tertiary/aromatic N) is 3. The number of imidazole rings is 1. The summed E-state index contributed by atoms with van der Waals surface area (Å²) in [5.74, 6) is 0.205. The molecule has 3 aromatic heterocycles. The number of hydrogen-bond donors (Lipinski definition) is 0. The quantitative estimate of drug-likeness (QED) is 0.394. The SMILES string of the molecule is CC.COc1ccc(-c2ccc3cnccc3c2)n2c(Cl)c(C(F)(F)F)nc12. The molecule has 0 spiro atoms. The van der Waals surface area contributed by atoms with Crippen LogP contribution in [0.2, 0.25) is 5.15 Å². The molecule has 3 heterocycles. The third-order valence-corrected chi connectivity index (χ3v) is 4.45. The van der Waals surface area contributed by atoms with E-state index < -0.39 is 17.0 Å². The van der Waals surface area contributed by atoms with Crippen LogP contribution in [0.5, 0.6) is 5.75 Å². The molecule has 8 heteroatoms. The van der Waals surface area contributed by atoms with Gasteiger partial charge in [0.25, 0.3) is 0 Å². The smallest absolute Gasteiger partial charge is 0.436 e. The summed E-state index contributed by atoms with van der Waals surface area (Å²) in [6.45, 7) is 4.00. The van der Waals surface area contributed by atoms with Crippen molar-refractivity contribution in [1.82, 2.24) is 14.4 Å². The van der Waals surface area contributed by atoms with Gasteiger partial charge < -0.3 is 4.74 Å². The average Bonchev–Trinajstić information content (AvgIpc) is 3.06. The molecule has 0 unspecified atom stereocenters. The Labute approximate surface area is 164 Å². The van der Waals surface area contributed by atoms with Gasteiger partial charge in [-0.3, -0.25) is 9.38 Å². The summed E-state index contributed by atoms with van der Waals surface area (Å²) in [5, 5.41) is 1.33. The van der Waals surface area contributed by atoms with E-state index in [9.17, 15) is 13.2 Å². The minimum absolute atomic E-state index is 0.0113. The first-order valence-corrected chi connectivity index (χ1v) is 8.94. The fourth-order valence-electron chi connectivity index (χ4n) is 2.90. The fourth-order valence-corrected chi connectivity index (χ4v) is 3.22. The first-order valence-electron chi connectivity index (χ1n) is 8.56. The zero-order valence-electron chi connectivity index (χ0n) is 15.4. The Bertz CT molecular complexity index is 1140. The lowest BCUT2D eigenvalue weighted by Gasteiger charge is -2.10. The van der Waals surface area contributed by atoms with Gasteiger partial charge in [-0.25, -0.2) is 4.98 Å². The summed E-state index contributed by atoms with van der Waals surface area (Å²) in [6.07, 6.45) is -1.29. The second-order valence-electron chi connectivity index (χ2n) is 5.63. The lowest BCUT2D eigenvalue weighted by molar-refractivity contribution is -0.140. The number of methoxy groups -OCH3 is 1. The Morgan fingerprint density at radius 2 is 1.79 bits per heavy atom. The van der Waals surface area contributed by atoms with Crippen molar-refractivity contribution >= 4 is 28.0 Å². The predicted octanol–water partition coefficient (Wildman–Crippen LogP) is 6.26. The van der Waals surface area contributed by atoms with Gasteiger partial charge in [-0.05, 0) is 35.2 Å². The molecule has 0 aliphatic rings. The van der Waals surface area contributed by atoms with Crippen molar-refractivity contribution in [3.8, 4) is 17.0 Å². The van der Waals surface area contributed by atoms with E-state index in [-0.39, 0.29) is 11.4 Å². The minimum atomic E-state index is -4.67. The van der Waals surface area contributed by atoms with Crippen LogP contribution in [0.25, 0.3) is 27.7 Å². The summed E-state index contributed by atoms with van der Waals surface area (Å²) >= 11 is 6.06. The van der Waals surface area contributed by atoms with E-state index in [2.05, 4.69) is 9.97 Å². The summed E-state index contributed by atoms with van der Waals surface area (Å²) in [7, 11) is 1.37. The summed E-state index contributed by atoms with van der Waals surface area (Å²) in [5.41, 5.74) is 0.0453. The molecule has 0 bridgehead atoms. The Morgan fingerprint density at radius 1 is 1.04 bits per heavy atom. The topological polar surface area (TPSA) is 39.4 Å². The average molecular weight is 408 g/mol. The maximum atomic E-state index is 13.3. The number of rotatable bonds is 2. The lowest BCUT2D eigenvalue weighted by Crippen LogP contribution is -2.06. The van der Waals surface area contributed by atoms with Crippen molar-refractivity contribution in [2.45, 2.75) is 20.0 Å². The van der Waals surface area contributed by atoms with Gasteiger partial charge in [-0.2, -0.15) is 13.2 Å². The van der Waals surface area contributed by atoms with E-state index >= 15 is 0 Å². The highest BCUT2D eigenvalue weighted by Crippen LogP contribution is 2.39. The molecule has 0 saturated heterocycles. The van der Waals surface area contributed by atoms with Gasteiger partial charge in [0.05, 0.1) is 12.8 Å². The number of halogens is 4. The van der Waals surface area contributed by atoms with Crippen LogP contribution >= 0.6 is 11.6 Å². The summed E-state index contributed by atoms with van der Waals surface area (Å²) in [4.78, 5) is 7.73. The standard InChI is InChI=1S/C18H11ClF3N3O.C2H6/c1-26-14-5-4-13(11-2-3-12-9-23-7-6-10(12)8-11)25-16(19)15(18(20,21)22)24-17(14)25;1-2/h2-9H,1H3;1-2H3. The first-order chi connectivity index (χ1) is 13.4. The van der Waals surface area contributed by atoms with E-state index in [1.807, 2.05) is 32.0 Å². The van der Waals surface area contributed by atoms with Crippen LogP contribution in [0.4, 0.5) is 13.2 Å². The molecule has 0 aliphatic heterocycles. The van der Waals surface area contributed by atoms with E-state index in [1.54, 1.807) is 30.6 Å². The molecular formula is C20H17ClF3N3O. The molecule has 0 N–H and O–H groups in total. The Kier molecular flexibility index (Phi) is 5.47. The van der Waals surface area contributed by atoms with Gasteiger partial charge in [0.15, 0.2) is 17.1 Å². The molecular weight excluding hydrogens is 391 g/mol. The highest BCUT2D eigenvalue weighted by atomic mass is 35.5. The summed E-state index contributed by atoms with van der Waals surface area (Å²) in [6, 6.07) is 10.6. The van der Waals surface area contributed by atoms with Crippen LogP contribution in [0.1, 0.15) is 19.5 Å². The van der Waals surface area contributed by atoms with Crippen LogP contribution in [0.15, 0.2) is 48.8 Å². The Balaban J connectivity index is 0.00000109. The van der Waals surface area contributed by atoms with Crippen LogP contribution in [-0.4, -0.2) is 21.5 Å². The second kappa shape index (κ2) is 7.67. The highest BCUT2D eigenvalue weighted by Gasteiger charge is 2.38. The predicted molar refractivity (Wildman–Crippen MR) is 104 cm³/mol. The molecule has 0 amide bonds. The van der Waals surface area contributed by atoms with Crippen LogP contribution in [0.3, 0.4) is 0 Å². The third-order valence-electron chi connectivity index (χ3n) is 4.10. The van der Waals surface area contributed by atoms with E-state index in [1.165, 1.54) is 11.5 Å². The fraction of sp³-hybridized carbons (Fsp3) is 0.200. The molecule has 1 aromatic carbocycles. The zero-order chi connectivity index (χ0) is 20.5. The minimum Gasteiger partial charge on any atom is -0.493 e. The maximum absolute atomic E-state index is 13.3. The molecule has 4 rings (SSSR count). The highest BCUT2D eigenvalue weighted by molar-refractivity contribution is 6.30. The van der Waals surface area contributed by atoms with Crippen LogP contribution in [0, 0.1) is 0 Å². The number of pyridine rings is 2. The second-order valence-corrected chi connectivity index (χ2v) is 5.99. The van der Waals surface area contributed by atoms with Gasteiger partial charge >= 0.3 is 6.18 Å². The number of hydrogen-bond acceptors (Lipinski definition) is 3. The van der Waals surface area contributed by atoms with Crippen molar-refractivity contribution in [3.63, 3.8) is 0 Å². The van der Waals surface area contributed by atoms with Crippen LogP contribution < -0.4 is 4.74 Å². The third kappa shape index (κ3) is 3.38. The Hall–Kier alpha value is -2.80. The van der Waals surface area contributed by atoms with E-state index in [0.717, 1.165) is 10.8 Å². The number of benzene rings is 1. The molecule has 0 saturated carbocycles. The molecule has 0 fully saturated rings. The normalized spacial score (nSPS) is 11.4. The molecule has 0 atom stereocenters. The molecule has 0 radical (unpaired) electrons. The molecule has 146 valence electrons. The van der Waals surface area contributed by atoms with Crippen LogP contribution in [-0.2, 0) is 6.18 Å². The van der Waals surface area contributed by atoms with Crippen molar-refractivity contribution in [3.05, 3.63) is 59.6 Å². The van der Waals surface area contributed by atoms with Gasteiger partial charge in [0.1, 0.15) is 5.15 Å². The largest absolute Gasteiger partial charge is 0.493 e. The molecule has 4 nitrogen and oxygen atoms in total. The van der Waals surface area contributed by atoms with Crippen molar-refractivity contribution in [2.75, 3.05) is 7.11 Å². The lowest BCUT2D eigenvalue weighted by atomic mass is 10.1. The van der Waals surface area contributed by atoms with E-state index in [4.69, 9.17) is 16.3 Å². The van der Waals surface area contributed by atoms with Crippen molar-refractivity contribution in [1.29, 1.82) is 0 Å². The molecule has 28 heavy (non-hydrogen) atoms. The first kappa shape index (κ1) is 19.9. The summed E-state index contributed by atoms with van der Waals surface area (Å²) < 4.78 is 46.2. The molecule has 0 aliphatic carbocycles. The maximum Gasteiger partial charge on any atom is 0.436 e. The van der Waals surface area contributed by atoms with Crippen molar-refractivity contribution < 1.29 is 17.9 Å². The van der Waals surface area contributed by atoms with Crippen molar-refractivity contribution in [2.24, 2.45) is 0 Å². The number of fused-ring (bicyclic) bond motifs is 2. The number of aromatic nitrogens is 3. The van der Waals surface area contributed by atoms with Gasteiger partial charge in [-0.15, -0.1) is 0 Å². The van der Waals surface area contributed by atoms with E-state index in [0.29, 0.717) is 11.3 Å². The molecule has 4 aromatic rings. The van der Waals surface area contributed by atoms with Gasteiger partial charge in [0, 0.05) is 17.8 Å². The Morgan fingerprint density at radius 3 is 2.46 bits per heavy atom. The van der Waals surface area contributed by atoms with Gasteiger partial charge in [0.2, 0.25) is 0 Å². The number of alkyl halides is 3. The zero-order valence-corrected chi connectivity index (χ0v) is 16.1.